The molecule has 1 aromatic rings. The van der Waals surface area contributed by atoms with Crippen molar-refractivity contribution in [1.29, 1.82) is 0 Å². The smallest absolute Gasteiger partial charge is 0.191 e. The molecule has 0 spiro atoms. The van der Waals surface area contributed by atoms with E-state index in [1.54, 1.807) is 0 Å². The molecule has 1 aliphatic rings. The molecule has 0 atom stereocenters. The van der Waals surface area contributed by atoms with Gasteiger partial charge in [-0.2, -0.15) is 0 Å². The maximum absolute atomic E-state index is 5.21. The fourth-order valence-electron chi connectivity index (χ4n) is 3.09. The van der Waals surface area contributed by atoms with Gasteiger partial charge in [0.1, 0.15) is 5.76 Å². The van der Waals surface area contributed by atoms with Crippen LogP contribution in [0.4, 0.5) is 0 Å². The first-order valence-corrected chi connectivity index (χ1v) is 8.93. The Labute approximate surface area is 145 Å². The predicted molar refractivity (Wildman–Crippen MR) is 98.5 cm³/mol. The van der Waals surface area contributed by atoms with E-state index in [2.05, 4.69) is 34.2 Å². The largest absolute Gasteiger partial charge is 0.361 e. The summed E-state index contributed by atoms with van der Waals surface area (Å²) in [6.45, 7) is 14.7. The fraction of sp³-hybridized carbons (Fsp3) is 0.667. The molecule has 134 valence electrons. The van der Waals surface area contributed by atoms with Crippen molar-refractivity contribution in [3.05, 3.63) is 29.7 Å². The second-order valence-corrected chi connectivity index (χ2v) is 6.32. The number of nitrogens with one attached hydrogen (secondary N) is 2. The Hall–Kier alpha value is -1.82. The van der Waals surface area contributed by atoms with E-state index in [0.29, 0.717) is 6.04 Å². The zero-order chi connectivity index (χ0) is 17.4. The number of likely N-dealkylation sites (tertiary alicyclic amines) is 1. The highest BCUT2D eigenvalue weighted by atomic mass is 16.5. The normalized spacial score (nSPS) is 17.0. The summed E-state index contributed by atoms with van der Waals surface area (Å²) in [5, 5.41) is 10.9. The Morgan fingerprint density at radius 3 is 2.75 bits per heavy atom. The van der Waals surface area contributed by atoms with Gasteiger partial charge in [0, 0.05) is 44.3 Å². The van der Waals surface area contributed by atoms with Crippen LogP contribution in [0, 0.1) is 13.8 Å². The summed E-state index contributed by atoms with van der Waals surface area (Å²) in [6.07, 6.45) is 5.12. The second-order valence-electron chi connectivity index (χ2n) is 6.32. The van der Waals surface area contributed by atoms with Gasteiger partial charge >= 0.3 is 0 Å². The minimum atomic E-state index is 0.489. The highest BCUT2D eigenvalue weighted by Crippen LogP contribution is 2.13. The Morgan fingerprint density at radius 2 is 2.17 bits per heavy atom. The van der Waals surface area contributed by atoms with Gasteiger partial charge in [-0.05, 0) is 40.0 Å². The van der Waals surface area contributed by atoms with Crippen LogP contribution >= 0.6 is 0 Å². The molecule has 6 heteroatoms. The molecule has 0 bridgehead atoms. The first-order valence-electron chi connectivity index (χ1n) is 8.93. The van der Waals surface area contributed by atoms with Crippen LogP contribution in [0.15, 0.2) is 22.2 Å². The molecule has 0 radical (unpaired) electrons. The van der Waals surface area contributed by atoms with Crippen molar-refractivity contribution >= 4 is 5.96 Å². The van der Waals surface area contributed by atoms with E-state index in [-0.39, 0.29) is 0 Å². The quantitative estimate of drug-likeness (QED) is 0.454. The average Bonchev–Trinajstić information content (AvgIpc) is 2.89. The summed E-state index contributed by atoms with van der Waals surface area (Å²) in [4.78, 5) is 7.15. The van der Waals surface area contributed by atoms with Crippen molar-refractivity contribution in [2.45, 2.75) is 46.1 Å². The first-order chi connectivity index (χ1) is 11.6. The minimum absolute atomic E-state index is 0.489. The van der Waals surface area contributed by atoms with Gasteiger partial charge in [0.15, 0.2) is 5.96 Å². The summed E-state index contributed by atoms with van der Waals surface area (Å²) in [5.74, 6) is 1.81. The summed E-state index contributed by atoms with van der Waals surface area (Å²) in [7, 11) is 0. The summed E-state index contributed by atoms with van der Waals surface area (Å²) in [6, 6.07) is 0.489. The second kappa shape index (κ2) is 9.47. The molecular weight excluding hydrogens is 302 g/mol. The molecule has 2 rings (SSSR count). The van der Waals surface area contributed by atoms with E-state index >= 15 is 0 Å². The lowest BCUT2D eigenvalue weighted by molar-refractivity contribution is 0.225. The molecule has 1 fully saturated rings. The number of rotatable bonds is 7. The average molecular weight is 333 g/mol. The minimum Gasteiger partial charge on any atom is -0.361 e. The SMILES string of the molecule is C=CCN1CCC(NC(=NCCc2c(C)noc2C)NCC)CC1. The van der Waals surface area contributed by atoms with E-state index < -0.39 is 0 Å². The molecule has 0 unspecified atom stereocenters. The number of nitrogens with zero attached hydrogens (tertiary/aromatic N) is 3. The van der Waals surface area contributed by atoms with Crippen molar-refractivity contribution in [2.24, 2.45) is 4.99 Å². The lowest BCUT2D eigenvalue weighted by Gasteiger charge is -2.32. The Kier molecular flexibility index (Phi) is 7.31. The van der Waals surface area contributed by atoms with E-state index in [1.807, 2.05) is 19.9 Å². The van der Waals surface area contributed by atoms with Crippen LogP contribution in [-0.2, 0) is 6.42 Å². The third-order valence-corrected chi connectivity index (χ3v) is 4.47. The summed E-state index contributed by atoms with van der Waals surface area (Å²) < 4.78 is 5.21. The molecule has 0 saturated carbocycles. The molecule has 0 aromatic carbocycles. The van der Waals surface area contributed by atoms with E-state index in [9.17, 15) is 0 Å². The van der Waals surface area contributed by atoms with Gasteiger partial charge in [0.05, 0.1) is 5.69 Å². The van der Waals surface area contributed by atoms with Gasteiger partial charge in [-0.15, -0.1) is 6.58 Å². The van der Waals surface area contributed by atoms with Crippen LogP contribution < -0.4 is 10.6 Å². The first kappa shape index (κ1) is 18.5. The van der Waals surface area contributed by atoms with Gasteiger partial charge in [0.25, 0.3) is 0 Å². The standard InChI is InChI=1S/C18H31N5O/c1-5-11-23-12-8-16(9-13-23)21-18(19-6-2)20-10-7-17-14(3)22-24-15(17)4/h5,16H,1,6-13H2,2-4H3,(H2,19,20,21). The number of piperidine rings is 1. The fourth-order valence-corrected chi connectivity index (χ4v) is 3.09. The Bertz CT molecular complexity index is 524. The van der Waals surface area contributed by atoms with E-state index in [1.165, 1.54) is 5.56 Å². The Morgan fingerprint density at radius 1 is 1.42 bits per heavy atom. The Balaban J connectivity index is 1.84. The summed E-state index contributed by atoms with van der Waals surface area (Å²) in [5.41, 5.74) is 2.14. The third kappa shape index (κ3) is 5.37. The number of aryl methyl sites for hydroxylation is 2. The van der Waals surface area contributed by atoms with Crippen LogP contribution in [0.5, 0.6) is 0 Å². The van der Waals surface area contributed by atoms with Crippen LogP contribution in [0.3, 0.4) is 0 Å². The van der Waals surface area contributed by atoms with Gasteiger partial charge in [0.2, 0.25) is 0 Å². The maximum atomic E-state index is 5.21. The van der Waals surface area contributed by atoms with Gasteiger partial charge in [-0.25, -0.2) is 0 Å². The molecule has 0 aliphatic carbocycles. The van der Waals surface area contributed by atoms with Crippen LogP contribution in [0.25, 0.3) is 0 Å². The number of hydrogen-bond acceptors (Lipinski definition) is 4. The zero-order valence-corrected chi connectivity index (χ0v) is 15.3. The molecule has 1 saturated heterocycles. The molecular formula is C18H31N5O. The third-order valence-electron chi connectivity index (χ3n) is 4.47. The predicted octanol–water partition coefficient (Wildman–Crippen LogP) is 2.04. The topological polar surface area (TPSA) is 65.7 Å². The molecule has 1 aliphatic heterocycles. The van der Waals surface area contributed by atoms with Crippen molar-refractivity contribution < 1.29 is 4.52 Å². The van der Waals surface area contributed by atoms with Crippen molar-refractivity contribution in [3.8, 4) is 0 Å². The van der Waals surface area contributed by atoms with Gasteiger partial charge in [-0.3, -0.25) is 9.89 Å². The highest BCUT2D eigenvalue weighted by molar-refractivity contribution is 5.80. The van der Waals surface area contributed by atoms with Crippen molar-refractivity contribution in [2.75, 3.05) is 32.7 Å². The molecule has 6 nitrogen and oxygen atoms in total. The lowest BCUT2D eigenvalue weighted by Crippen LogP contribution is -2.48. The number of aromatic nitrogens is 1. The zero-order valence-electron chi connectivity index (χ0n) is 15.3. The van der Waals surface area contributed by atoms with E-state index in [0.717, 1.165) is 69.4 Å². The maximum Gasteiger partial charge on any atom is 0.191 e. The molecule has 0 amide bonds. The number of guanidine groups is 1. The van der Waals surface area contributed by atoms with Crippen LogP contribution in [0.1, 0.15) is 36.8 Å². The van der Waals surface area contributed by atoms with Crippen molar-refractivity contribution in [1.82, 2.24) is 20.7 Å². The molecule has 1 aromatic heterocycles. The molecule has 2 heterocycles. The van der Waals surface area contributed by atoms with Gasteiger partial charge in [-0.1, -0.05) is 11.2 Å². The van der Waals surface area contributed by atoms with E-state index in [4.69, 9.17) is 9.52 Å². The molecule has 24 heavy (non-hydrogen) atoms. The monoisotopic (exact) mass is 333 g/mol. The number of hydrogen-bond donors (Lipinski definition) is 2. The van der Waals surface area contributed by atoms with Crippen LogP contribution in [0.2, 0.25) is 0 Å². The summed E-state index contributed by atoms with van der Waals surface area (Å²) >= 11 is 0. The van der Waals surface area contributed by atoms with Gasteiger partial charge < -0.3 is 15.2 Å². The van der Waals surface area contributed by atoms with Crippen LogP contribution in [-0.4, -0.2) is 54.8 Å². The number of aliphatic imine (C=N–C) groups is 1. The van der Waals surface area contributed by atoms with Crippen molar-refractivity contribution in [3.63, 3.8) is 0 Å². The molecule has 2 N–H and O–H groups in total. The highest BCUT2D eigenvalue weighted by Gasteiger charge is 2.19. The lowest BCUT2D eigenvalue weighted by atomic mass is 10.1.